The number of ether oxygens (including phenoxy) is 4. The number of aryl methyl sites for hydroxylation is 1. The number of aliphatic hydroxyl groups is 2. The van der Waals surface area contributed by atoms with Crippen LogP contribution in [0.3, 0.4) is 0 Å². The summed E-state index contributed by atoms with van der Waals surface area (Å²) in [7, 11) is 0. The molecule has 1 fully saturated rings. The van der Waals surface area contributed by atoms with Crippen LogP contribution in [0.25, 0.3) is 10.4 Å². The number of nitrogens with zero attached hydrogens (tertiary/aromatic N) is 5. The highest BCUT2D eigenvalue weighted by molar-refractivity contribution is 7.14. The van der Waals surface area contributed by atoms with E-state index in [4.69, 9.17) is 18.9 Å². The quantitative estimate of drug-likeness (QED) is 0.0374. The van der Waals surface area contributed by atoms with Crippen molar-refractivity contribution < 1.29 is 52.7 Å². The van der Waals surface area contributed by atoms with Crippen LogP contribution in [0.1, 0.15) is 87.5 Å². The first kappa shape index (κ1) is 57.4. The zero-order valence-corrected chi connectivity index (χ0v) is 47.1. The molecule has 0 bridgehead atoms. The standard InChI is InChI=1S/C62H62FN7O10S2/c1-38(2)54(69-33-44-13-7-8-17-48(44)59(69)74)61(76)68-35-47(71)31-50(68)57(72)65-32-43-19-18-42(56-39(3)66-37-82-56)29-52(43)79-27-26-78-25-24-77-23-10-16-41-14-9-15-45-34-70(60(75)53(41)45)55(58(73)67-62-64-22-28-81-62)49-30-46(63)20-21-51(49)80-36-40-11-5-4-6-12-40/h4-9,11-15,17-22,28-30,37-38,47,50,54-55,60,71,75H,23-27,31-36H2,1-3H3,(H,65,72)(H,64,67,73)/t47-,50+,54+,55?,60?/m1/s1. The second-order valence-corrected chi connectivity index (χ2v) is 22.2. The number of aromatic nitrogens is 2. The molecule has 10 rings (SSSR count). The maximum atomic E-state index is 15.1. The third kappa shape index (κ3) is 13.1. The molecule has 2 aromatic heterocycles. The number of amides is 4. The minimum Gasteiger partial charge on any atom is -0.491 e. The van der Waals surface area contributed by atoms with Crippen LogP contribution in [0.5, 0.6) is 11.5 Å². The van der Waals surface area contributed by atoms with Crippen LogP contribution in [-0.2, 0) is 50.1 Å². The summed E-state index contributed by atoms with van der Waals surface area (Å²) < 4.78 is 39.3. The van der Waals surface area contributed by atoms with Gasteiger partial charge in [-0.3, -0.25) is 24.1 Å². The lowest BCUT2D eigenvalue weighted by Gasteiger charge is -2.35. The normalized spacial score (nSPS) is 17.3. The van der Waals surface area contributed by atoms with Crippen LogP contribution in [-0.4, -0.2) is 116 Å². The van der Waals surface area contributed by atoms with E-state index in [-0.39, 0.29) is 101 Å². The van der Waals surface area contributed by atoms with Gasteiger partial charge in [0.25, 0.3) is 5.91 Å². The molecule has 3 aliphatic rings. The molecule has 5 atom stereocenters. The Balaban J connectivity index is 0.733. The molecule has 7 aromatic rings. The first-order valence-electron chi connectivity index (χ1n) is 27.0. The van der Waals surface area contributed by atoms with E-state index in [1.807, 2.05) is 93.6 Å². The smallest absolute Gasteiger partial charge is 0.255 e. The number of carbonyl (C=O) groups is 4. The lowest BCUT2D eigenvalue weighted by atomic mass is 10.0. The number of anilines is 1. The monoisotopic (exact) mass is 1150 g/mol. The summed E-state index contributed by atoms with van der Waals surface area (Å²) in [5.41, 5.74) is 8.56. The minimum absolute atomic E-state index is 0.0283. The van der Waals surface area contributed by atoms with Crippen molar-refractivity contribution >= 4 is 51.4 Å². The number of aliphatic hydroxyl groups excluding tert-OH is 2. The van der Waals surface area contributed by atoms with Crippen molar-refractivity contribution in [2.45, 2.75) is 83.9 Å². The first-order valence-corrected chi connectivity index (χ1v) is 28.8. The van der Waals surface area contributed by atoms with Gasteiger partial charge in [0.2, 0.25) is 17.7 Å². The van der Waals surface area contributed by atoms with Crippen molar-refractivity contribution in [3.8, 4) is 33.8 Å². The van der Waals surface area contributed by atoms with E-state index in [0.717, 1.165) is 32.8 Å². The molecular weight excluding hydrogens is 1090 g/mol. The lowest BCUT2D eigenvalue weighted by molar-refractivity contribution is -0.143. The number of rotatable bonds is 22. The van der Waals surface area contributed by atoms with Gasteiger partial charge in [0.05, 0.1) is 42.0 Å². The molecule has 4 amide bonds. The zero-order chi connectivity index (χ0) is 57.3. The van der Waals surface area contributed by atoms with Gasteiger partial charge in [-0.2, -0.15) is 0 Å². The van der Waals surface area contributed by atoms with Crippen LogP contribution < -0.4 is 20.1 Å². The Morgan fingerprint density at radius 1 is 0.854 bits per heavy atom. The topological polar surface area (TPSA) is 205 Å². The summed E-state index contributed by atoms with van der Waals surface area (Å²) in [4.78, 5) is 70.2. The average Bonchev–Trinajstić information content (AvgIpc) is 4.38. The van der Waals surface area contributed by atoms with Gasteiger partial charge < -0.3 is 49.6 Å². The van der Waals surface area contributed by atoms with E-state index < -0.39 is 48.1 Å². The van der Waals surface area contributed by atoms with E-state index in [1.165, 1.54) is 45.8 Å². The first-order chi connectivity index (χ1) is 39.8. The van der Waals surface area contributed by atoms with E-state index >= 15 is 4.39 Å². The van der Waals surface area contributed by atoms with Crippen molar-refractivity contribution in [1.82, 2.24) is 30.0 Å². The van der Waals surface area contributed by atoms with Gasteiger partial charge in [0, 0.05) is 72.0 Å². The Morgan fingerprint density at radius 3 is 2.43 bits per heavy atom. The lowest BCUT2D eigenvalue weighted by Crippen LogP contribution is -2.55. The van der Waals surface area contributed by atoms with Gasteiger partial charge in [0.1, 0.15) is 61.5 Å². The van der Waals surface area contributed by atoms with Gasteiger partial charge in [-0.15, -0.1) is 22.7 Å². The number of β-amino-alcohol motifs (C(OH)–C–C–N with tert-alkyl or cyclic N) is 1. The summed E-state index contributed by atoms with van der Waals surface area (Å²) in [6, 6.07) is 29.0. The molecule has 0 aliphatic carbocycles. The Hall–Kier alpha value is -7.87. The molecule has 5 aromatic carbocycles. The molecular formula is C62H62FN7O10S2. The molecule has 4 N–H and O–H groups in total. The Morgan fingerprint density at radius 2 is 1.65 bits per heavy atom. The molecule has 424 valence electrons. The Kier molecular flexibility index (Phi) is 18.4. The molecule has 0 radical (unpaired) electrons. The largest absolute Gasteiger partial charge is 0.491 e. The summed E-state index contributed by atoms with van der Waals surface area (Å²) >= 11 is 2.74. The number of hydrogen-bond acceptors (Lipinski definition) is 15. The number of thiazole rings is 2. The number of nitrogens with one attached hydrogen (secondary N) is 2. The minimum atomic E-state index is -1.30. The van der Waals surface area contributed by atoms with E-state index in [1.54, 1.807) is 45.1 Å². The number of fused-ring (bicyclic) bond motifs is 2. The van der Waals surface area contributed by atoms with Crippen LogP contribution in [0.4, 0.5) is 9.52 Å². The summed E-state index contributed by atoms with van der Waals surface area (Å²) in [6.07, 6.45) is -0.585. The molecule has 1 saturated heterocycles. The third-order valence-electron chi connectivity index (χ3n) is 14.6. The highest BCUT2D eigenvalue weighted by Gasteiger charge is 2.46. The Bertz CT molecular complexity index is 3480. The second-order valence-electron chi connectivity index (χ2n) is 20.4. The van der Waals surface area contributed by atoms with Crippen molar-refractivity contribution in [3.05, 3.63) is 182 Å². The van der Waals surface area contributed by atoms with E-state index in [0.29, 0.717) is 33.1 Å². The molecule has 0 saturated carbocycles. The molecule has 2 unspecified atom stereocenters. The fraction of sp³-hybridized carbons (Fsp3) is 0.323. The van der Waals surface area contributed by atoms with Gasteiger partial charge in [-0.05, 0) is 71.5 Å². The van der Waals surface area contributed by atoms with Gasteiger partial charge in [-0.25, -0.2) is 14.4 Å². The molecule has 5 heterocycles. The predicted molar refractivity (Wildman–Crippen MR) is 307 cm³/mol. The SMILES string of the molecule is Cc1ncsc1-c1ccc(CNC(=O)[C@@H]2C[C@@H](O)CN2C(=O)[C@H](C(C)C)N2Cc3ccccc3C2=O)c(OCCOCCOCC#Cc2cccc3c2C(O)N(C(C(=O)Nc2nccs2)c2cc(F)ccc2OCc2ccccc2)C3)c1. The summed E-state index contributed by atoms with van der Waals surface area (Å²) in [5, 5.41) is 30.7. The van der Waals surface area contributed by atoms with Gasteiger partial charge in [0.15, 0.2) is 5.13 Å². The molecule has 17 nitrogen and oxygen atoms in total. The number of carbonyl (C=O) groups excluding carboxylic acids is 4. The molecule has 3 aliphatic heterocycles. The number of halogens is 1. The molecule has 82 heavy (non-hydrogen) atoms. The van der Waals surface area contributed by atoms with Crippen LogP contribution in [0.15, 0.2) is 126 Å². The fourth-order valence-electron chi connectivity index (χ4n) is 10.7. The highest BCUT2D eigenvalue weighted by atomic mass is 32.1. The number of hydrogen-bond donors (Lipinski definition) is 4. The average molecular weight is 1150 g/mol. The van der Waals surface area contributed by atoms with Crippen LogP contribution in [0.2, 0.25) is 0 Å². The second kappa shape index (κ2) is 26.4. The Labute approximate surface area is 482 Å². The summed E-state index contributed by atoms with van der Waals surface area (Å²) in [5.74, 6) is 4.58. The summed E-state index contributed by atoms with van der Waals surface area (Å²) in [6.45, 7) is 7.24. The maximum Gasteiger partial charge on any atom is 0.255 e. The van der Waals surface area contributed by atoms with Crippen molar-refractivity contribution in [2.24, 2.45) is 5.92 Å². The molecule has 20 heteroatoms. The number of likely N-dealkylation sites (tertiary alicyclic amines) is 1. The fourth-order valence-corrected chi connectivity index (χ4v) is 12.0. The zero-order valence-electron chi connectivity index (χ0n) is 45.5. The van der Waals surface area contributed by atoms with E-state index in [9.17, 15) is 29.4 Å². The van der Waals surface area contributed by atoms with E-state index in [2.05, 4.69) is 32.4 Å². The van der Waals surface area contributed by atoms with Crippen LogP contribution in [0, 0.1) is 30.5 Å². The van der Waals surface area contributed by atoms with Gasteiger partial charge in [-0.1, -0.05) is 98.5 Å². The number of benzene rings is 5. The van der Waals surface area contributed by atoms with Gasteiger partial charge >= 0.3 is 0 Å². The van der Waals surface area contributed by atoms with Crippen molar-refractivity contribution in [3.63, 3.8) is 0 Å². The van der Waals surface area contributed by atoms with Crippen molar-refractivity contribution in [1.29, 1.82) is 0 Å². The maximum absolute atomic E-state index is 15.1. The third-order valence-corrected chi connectivity index (χ3v) is 16.3. The molecule has 0 spiro atoms. The highest BCUT2D eigenvalue weighted by Crippen LogP contribution is 2.43. The predicted octanol–water partition coefficient (Wildman–Crippen LogP) is 8.20. The van der Waals surface area contributed by atoms with Crippen LogP contribution >= 0.6 is 22.7 Å². The van der Waals surface area contributed by atoms with Crippen molar-refractivity contribution in [2.75, 3.05) is 44.9 Å².